The molecule has 0 aliphatic rings. The normalized spacial score (nSPS) is 10.2. The van der Waals surface area contributed by atoms with Crippen molar-refractivity contribution in [2.24, 2.45) is 0 Å². The van der Waals surface area contributed by atoms with Crippen LogP contribution in [0.5, 0.6) is 11.5 Å². The fourth-order valence-corrected chi connectivity index (χ4v) is 3.19. The van der Waals surface area contributed by atoms with E-state index in [1.165, 1.54) is 13.2 Å². The number of nitrogens with one attached hydrogen (secondary N) is 1. The summed E-state index contributed by atoms with van der Waals surface area (Å²) >= 11 is 4.89. The third-order valence-corrected chi connectivity index (χ3v) is 4.59. The lowest BCUT2D eigenvalue weighted by Gasteiger charge is -2.13. The maximum atomic E-state index is 12.2. The Morgan fingerprint density at radius 3 is 2.76 bits per heavy atom. The lowest BCUT2D eigenvalue weighted by atomic mass is 10.2. The van der Waals surface area contributed by atoms with Gasteiger partial charge in [-0.1, -0.05) is 6.07 Å². The number of rotatable bonds is 8. The molecule has 134 valence electrons. The minimum atomic E-state index is -0.617. The quantitative estimate of drug-likeness (QED) is 0.653. The van der Waals surface area contributed by atoms with Gasteiger partial charge in [0.15, 0.2) is 18.1 Å². The topological polar surface area (TPSA) is 73.9 Å². The molecule has 2 aromatic rings. The van der Waals surface area contributed by atoms with Crippen molar-refractivity contribution < 1.29 is 23.8 Å². The Morgan fingerprint density at radius 1 is 1.32 bits per heavy atom. The van der Waals surface area contributed by atoms with E-state index in [0.29, 0.717) is 29.1 Å². The first-order valence-corrected chi connectivity index (χ1v) is 9.19. The molecule has 1 N–H and O–H groups in total. The van der Waals surface area contributed by atoms with E-state index in [-0.39, 0.29) is 18.1 Å². The van der Waals surface area contributed by atoms with E-state index < -0.39 is 5.97 Å². The van der Waals surface area contributed by atoms with E-state index >= 15 is 0 Å². The molecule has 1 aromatic carbocycles. The van der Waals surface area contributed by atoms with Crippen molar-refractivity contribution in [3.05, 3.63) is 44.6 Å². The van der Waals surface area contributed by atoms with Crippen LogP contribution in [-0.4, -0.2) is 32.2 Å². The monoisotopic (exact) mass is 427 g/mol. The lowest BCUT2D eigenvalue weighted by molar-refractivity contribution is -0.124. The van der Waals surface area contributed by atoms with Gasteiger partial charge < -0.3 is 19.5 Å². The van der Waals surface area contributed by atoms with Gasteiger partial charge in [-0.25, -0.2) is 4.79 Å². The molecule has 6 nitrogen and oxygen atoms in total. The zero-order chi connectivity index (χ0) is 18.2. The van der Waals surface area contributed by atoms with Gasteiger partial charge in [-0.3, -0.25) is 4.79 Å². The zero-order valence-electron chi connectivity index (χ0n) is 13.8. The number of amides is 1. The third-order valence-electron chi connectivity index (χ3n) is 3.13. The number of hydrogen-bond acceptors (Lipinski definition) is 6. The molecule has 0 bridgehead atoms. The van der Waals surface area contributed by atoms with E-state index in [9.17, 15) is 9.59 Å². The van der Waals surface area contributed by atoms with Gasteiger partial charge >= 0.3 is 5.97 Å². The molecule has 0 saturated heterocycles. The number of halogens is 1. The molecule has 1 heterocycles. The predicted octanol–water partition coefficient (Wildman–Crippen LogP) is 3.39. The van der Waals surface area contributed by atoms with Crippen molar-refractivity contribution in [3.63, 3.8) is 0 Å². The van der Waals surface area contributed by atoms with E-state index in [1.54, 1.807) is 17.4 Å². The first-order chi connectivity index (χ1) is 12.0. The average Bonchev–Trinajstić information content (AvgIpc) is 3.13. The standard InChI is InChI=1S/C17H18BrNO5S/c1-3-23-16-13(18)7-11(8-14(16)22-2)17(21)24-10-15(20)19-9-12-5-4-6-25-12/h4-8H,3,9-10H2,1-2H3,(H,19,20). The summed E-state index contributed by atoms with van der Waals surface area (Å²) in [7, 11) is 1.48. The summed E-state index contributed by atoms with van der Waals surface area (Å²) in [6.07, 6.45) is 0. The number of esters is 1. The molecule has 0 unspecified atom stereocenters. The molecule has 8 heteroatoms. The van der Waals surface area contributed by atoms with E-state index in [2.05, 4.69) is 21.2 Å². The summed E-state index contributed by atoms with van der Waals surface area (Å²) in [6, 6.07) is 6.91. The van der Waals surface area contributed by atoms with Gasteiger partial charge in [0.2, 0.25) is 0 Å². The van der Waals surface area contributed by atoms with Crippen molar-refractivity contribution >= 4 is 39.1 Å². The van der Waals surface area contributed by atoms with Crippen LogP contribution in [0.1, 0.15) is 22.2 Å². The second kappa shape index (κ2) is 9.43. The summed E-state index contributed by atoms with van der Waals surface area (Å²) in [5, 5.41) is 4.62. The zero-order valence-corrected chi connectivity index (χ0v) is 16.2. The number of carbonyl (C=O) groups excluding carboxylic acids is 2. The van der Waals surface area contributed by atoms with Crippen LogP contribution in [0.25, 0.3) is 0 Å². The first-order valence-electron chi connectivity index (χ1n) is 7.51. The van der Waals surface area contributed by atoms with Gasteiger partial charge in [0.05, 0.1) is 30.3 Å². The molecule has 0 saturated carbocycles. The van der Waals surface area contributed by atoms with Crippen LogP contribution in [-0.2, 0) is 16.1 Å². The summed E-state index contributed by atoms with van der Waals surface area (Å²) < 4.78 is 16.3. The van der Waals surface area contributed by atoms with Crippen molar-refractivity contribution in [1.82, 2.24) is 5.32 Å². The van der Waals surface area contributed by atoms with Gasteiger partial charge in [0.25, 0.3) is 5.91 Å². The molecule has 0 aliphatic heterocycles. The highest BCUT2D eigenvalue weighted by Gasteiger charge is 2.17. The van der Waals surface area contributed by atoms with Gasteiger partial charge in [-0.15, -0.1) is 11.3 Å². The number of benzene rings is 1. The molecule has 25 heavy (non-hydrogen) atoms. The molecule has 0 atom stereocenters. The van der Waals surface area contributed by atoms with Crippen LogP contribution in [0, 0.1) is 0 Å². The minimum absolute atomic E-state index is 0.262. The molecular formula is C17H18BrNO5S. The highest BCUT2D eigenvalue weighted by atomic mass is 79.9. The highest BCUT2D eigenvalue weighted by molar-refractivity contribution is 9.10. The van der Waals surface area contributed by atoms with Gasteiger partial charge in [0.1, 0.15) is 0 Å². The molecule has 0 aliphatic carbocycles. The maximum Gasteiger partial charge on any atom is 0.338 e. The Labute approximate surface area is 158 Å². The fraction of sp³-hybridized carbons (Fsp3) is 0.294. The molecular weight excluding hydrogens is 410 g/mol. The Bertz CT molecular complexity index is 733. The number of thiophene rings is 1. The highest BCUT2D eigenvalue weighted by Crippen LogP contribution is 2.36. The number of carbonyl (C=O) groups is 2. The van der Waals surface area contributed by atoms with Crippen molar-refractivity contribution in [2.45, 2.75) is 13.5 Å². The molecule has 1 aromatic heterocycles. The summed E-state index contributed by atoms with van der Waals surface area (Å²) in [4.78, 5) is 24.9. The number of hydrogen-bond donors (Lipinski definition) is 1. The van der Waals surface area contributed by atoms with Crippen LogP contribution in [0.2, 0.25) is 0 Å². The minimum Gasteiger partial charge on any atom is -0.493 e. The summed E-state index contributed by atoms with van der Waals surface area (Å²) in [5.41, 5.74) is 0.262. The predicted molar refractivity (Wildman–Crippen MR) is 98.3 cm³/mol. The second-order valence-corrected chi connectivity index (χ2v) is 6.74. The van der Waals surface area contributed by atoms with Crippen LogP contribution < -0.4 is 14.8 Å². The fourth-order valence-electron chi connectivity index (χ4n) is 1.99. The van der Waals surface area contributed by atoms with E-state index in [1.807, 2.05) is 24.4 Å². The second-order valence-electron chi connectivity index (χ2n) is 4.85. The maximum absolute atomic E-state index is 12.2. The smallest absolute Gasteiger partial charge is 0.338 e. The average molecular weight is 428 g/mol. The number of methoxy groups -OCH3 is 1. The largest absolute Gasteiger partial charge is 0.493 e. The lowest BCUT2D eigenvalue weighted by Crippen LogP contribution is -2.28. The number of ether oxygens (including phenoxy) is 3. The third kappa shape index (κ3) is 5.47. The van der Waals surface area contributed by atoms with Crippen LogP contribution in [0.15, 0.2) is 34.1 Å². The van der Waals surface area contributed by atoms with Crippen LogP contribution >= 0.6 is 27.3 Å². The van der Waals surface area contributed by atoms with E-state index in [4.69, 9.17) is 14.2 Å². The molecule has 1 amide bonds. The molecule has 0 spiro atoms. The summed E-state index contributed by atoms with van der Waals surface area (Å²) in [5.74, 6) is -0.0624. The van der Waals surface area contributed by atoms with Gasteiger partial charge in [-0.2, -0.15) is 0 Å². The molecule has 0 fully saturated rings. The first kappa shape index (κ1) is 19.3. The summed E-state index contributed by atoms with van der Waals surface area (Å²) in [6.45, 7) is 2.37. The van der Waals surface area contributed by atoms with Gasteiger partial charge in [0, 0.05) is 4.88 Å². The van der Waals surface area contributed by atoms with Crippen molar-refractivity contribution in [1.29, 1.82) is 0 Å². The Kier molecular flexibility index (Phi) is 7.27. The molecule has 0 radical (unpaired) electrons. The van der Waals surface area contributed by atoms with Gasteiger partial charge in [-0.05, 0) is 46.4 Å². The Morgan fingerprint density at radius 2 is 2.12 bits per heavy atom. The SMILES string of the molecule is CCOc1c(Br)cc(C(=O)OCC(=O)NCc2cccs2)cc1OC. The van der Waals surface area contributed by atoms with Crippen molar-refractivity contribution in [3.8, 4) is 11.5 Å². The Balaban J connectivity index is 1.93. The van der Waals surface area contributed by atoms with Crippen LogP contribution in [0.3, 0.4) is 0 Å². The Hall–Kier alpha value is -2.06. The van der Waals surface area contributed by atoms with E-state index in [0.717, 1.165) is 4.88 Å². The van der Waals surface area contributed by atoms with Crippen molar-refractivity contribution in [2.75, 3.05) is 20.3 Å². The molecule has 2 rings (SSSR count). The van der Waals surface area contributed by atoms with Crippen LogP contribution in [0.4, 0.5) is 0 Å².